The summed E-state index contributed by atoms with van der Waals surface area (Å²) in [4.78, 5) is 0. The SMILES string of the molecule is C=Cc1c(/C=C\C)n(C(C)(CC)c2cccc(C(C)(CC)C(C)c3cccc(C(C)n4c5ccccc5c5ccccc54)c3)c2)c2ccccc12. The highest BCUT2D eigenvalue weighted by Crippen LogP contribution is 2.45. The zero-order chi connectivity index (χ0) is 35.9. The first kappa shape index (κ1) is 34.4. The van der Waals surface area contributed by atoms with Crippen molar-refractivity contribution in [3.8, 4) is 0 Å². The molecule has 2 nitrogen and oxygen atoms in total. The molecule has 0 amide bonds. The van der Waals surface area contributed by atoms with Crippen molar-refractivity contribution >= 4 is 44.9 Å². The molecule has 0 spiro atoms. The maximum atomic E-state index is 4.23. The van der Waals surface area contributed by atoms with E-state index in [2.05, 4.69) is 198 Å². The van der Waals surface area contributed by atoms with Crippen molar-refractivity contribution in [2.75, 3.05) is 0 Å². The van der Waals surface area contributed by atoms with Crippen molar-refractivity contribution in [2.24, 2.45) is 0 Å². The number of hydrogen-bond acceptors (Lipinski definition) is 0. The van der Waals surface area contributed by atoms with E-state index in [0.717, 1.165) is 12.8 Å². The van der Waals surface area contributed by atoms with Gasteiger partial charge in [-0.25, -0.2) is 0 Å². The fraction of sp³-hybridized carbons (Fsp3) is 0.265. The molecule has 258 valence electrons. The molecule has 2 aromatic heterocycles. The zero-order valence-electron chi connectivity index (χ0n) is 31.4. The van der Waals surface area contributed by atoms with Gasteiger partial charge in [0.25, 0.3) is 0 Å². The number of rotatable bonds is 11. The summed E-state index contributed by atoms with van der Waals surface area (Å²) in [6, 6.07) is 45.5. The third-order valence-electron chi connectivity index (χ3n) is 12.4. The Morgan fingerprint density at radius 1 is 0.647 bits per heavy atom. The second kappa shape index (κ2) is 13.6. The fourth-order valence-corrected chi connectivity index (χ4v) is 8.79. The van der Waals surface area contributed by atoms with Crippen molar-refractivity contribution in [2.45, 2.75) is 84.2 Å². The van der Waals surface area contributed by atoms with Gasteiger partial charge < -0.3 is 9.13 Å². The molecule has 7 rings (SSSR count). The molecule has 2 heteroatoms. The quantitative estimate of drug-likeness (QED) is 0.130. The van der Waals surface area contributed by atoms with E-state index in [0.29, 0.717) is 5.92 Å². The molecule has 0 bridgehead atoms. The molecule has 0 aliphatic heterocycles. The maximum Gasteiger partial charge on any atom is 0.0672 e. The minimum absolute atomic E-state index is 0.0729. The lowest BCUT2D eigenvalue weighted by molar-refractivity contribution is 0.371. The predicted octanol–water partition coefficient (Wildman–Crippen LogP) is 13.7. The van der Waals surface area contributed by atoms with Gasteiger partial charge in [-0.1, -0.05) is 150 Å². The second-order valence-electron chi connectivity index (χ2n) is 14.8. The van der Waals surface area contributed by atoms with Crippen molar-refractivity contribution in [3.05, 3.63) is 167 Å². The third kappa shape index (κ3) is 5.48. The predicted molar refractivity (Wildman–Crippen MR) is 222 cm³/mol. The van der Waals surface area contributed by atoms with Gasteiger partial charge in [0.15, 0.2) is 0 Å². The first-order valence-corrected chi connectivity index (χ1v) is 18.8. The van der Waals surface area contributed by atoms with Crippen LogP contribution >= 0.6 is 0 Å². The summed E-state index contributed by atoms with van der Waals surface area (Å²) in [6.07, 6.45) is 8.41. The zero-order valence-corrected chi connectivity index (χ0v) is 31.4. The molecule has 0 fully saturated rings. The number of benzene rings is 5. The number of fused-ring (bicyclic) bond motifs is 4. The molecule has 0 aliphatic carbocycles. The molecule has 0 radical (unpaired) electrons. The summed E-state index contributed by atoms with van der Waals surface area (Å²) in [7, 11) is 0. The molecular weight excluding hydrogens is 617 g/mol. The van der Waals surface area contributed by atoms with Crippen molar-refractivity contribution in [1.82, 2.24) is 9.13 Å². The topological polar surface area (TPSA) is 9.86 Å². The van der Waals surface area contributed by atoms with Crippen LogP contribution in [0.5, 0.6) is 0 Å². The standard InChI is InChI=1S/C49H52N2/c1-9-21-46-40(10-2)41-26-15-18-31-47(41)51(46)49(8,12-4)39-25-20-24-38(33-39)48(7,11-3)34(5)36-22-19-23-37(32-36)35(6)50-44-29-16-13-27-42(44)43-28-14-17-30-45(43)50/h9-10,13-35H,2,11-12H2,1,3-8H3/b21-9-. The minimum Gasteiger partial charge on any atom is -0.333 e. The van der Waals surface area contributed by atoms with Gasteiger partial charge in [0.2, 0.25) is 0 Å². The lowest BCUT2D eigenvalue weighted by Gasteiger charge is -2.39. The summed E-state index contributed by atoms with van der Waals surface area (Å²) in [5, 5.41) is 3.88. The number of hydrogen-bond donors (Lipinski definition) is 0. The molecule has 0 aliphatic rings. The van der Waals surface area contributed by atoms with Gasteiger partial charge in [-0.05, 0) is 91.5 Å². The summed E-state index contributed by atoms with van der Waals surface area (Å²) >= 11 is 0. The number of nitrogens with zero attached hydrogens (tertiary/aromatic N) is 2. The molecule has 51 heavy (non-hydrogen) atoms. The van der Waals surface area contributed by atoms with Crippen LogP contribution in [0.15, 0.2) is 134 Å². The van der Waals surface area contributed by atoms with Crippen molar-refractivity contribution in [3.63, 3.8) is 0 Å². The molecule has 5 aromatic carbocycles. The summed E-state index contributed by atoms with van der Waals surface area (Å²) in [5.41, 5.74) is 11.3. The van der Waals surface area contributed by atoms with E-state index < -0.39 is 0 Å². The second-order valence-corrected chi connectivity index (χ2v) is 14.8. The monoisotopic (exact) mass is 668 g/mol. The average molecular weight is 669 g/mol. The smallest absolute Gasteiger partial charge is 0.0672 e. The van der Waals surface area contributed by atoms with Gasteiger partial charge in [0, 0.05) is 44.0 Å². The Balaban J connectivity index is 1.30. The van der Waals surface area contributed by atoms with E-state index in [1.807, 2.05) is 6.08 Å². The van der Waals surface area contributed by atoms with Crippen LogP contribution in [0.2, 0.25) is 0 Å². The van der Waals surface area contributed by atoms with Crippen LogP contribution in [0.4, 0.5) is 0 Å². The number of allylic oxidation sites excluding steroid dienone is 1. The summed E-state index contributed by atoms with van der Waals surface area (Å²) < 4.78 is 5.08. The van der Waals surface area contributed by atoms with E-state index in [-0.39, 0.29) is 17.0 Å². The Labute approximate surface area is 304 Å². The Morgan fingerprint density at radius 3 is 1.82 bits per heavy atom. The van der Waals surface area contributed by atoms with E-state index >= 15 is 0 Å². The van der Waals surface area contributed by atoms with E-state index in [4.69, 9.17) is 0 Å². The van der Waals surface area contributed by atoms with Gasteiger partial charge in [-0.2, -0.15) is 0 Å². The van der Waals surface area contributed by atoms with Gasteiger partial charge >= 0.3 is 0 Å². The van der Waals surface area contributed by atoms with E-state index in [9.17, 15) is 0 Å². The van der Waals surface area contributed by atoms with E-state index in [1.165, 1.54) is 66.2 Å². The Kier molecular flexibility index (Phi) is 9.14. The van der Waals surface area contributed by atoms with E-state index in [1.54, 1.807) is 0 Å². The van der Waals surface area contributed by atoms with Crippen LogP contribution in [0, 0.1) is 0 Å². The third-order valence-corrected chi connectivity index (χ3v) is 12.4. The van der Waals surface area contributed by atoms with Crippen molar-refractivity contribution in [1.29, 1.82) is 0 Å². The maximum absolute atomic E-state index is 4.23. The largest absolute Gasteiger partial charge is 0.333 e. The number of para-hydroxylation sites is 3. The van der Waals surface area contributed by atoms with Crippen LogP contribution in [0.25, 0.3) is 44.9 Å². The Bertz CT molecular complexity index is 2350. The normalized spacial score (nSPS) is 15.7. The van der Waals surface area contributed by atoms with Gasteiger partial charge in [-0.3, -0.25) is 0 Å². The summed E-state index contributed by atoms with van der Waals surface area (Å²) in [6.45, 7) is 20.7. The summed E-state index contributed by atoms with van der Waals surface area (Å²) in [5.74, 6) is 0.300. The van der Waals surface area contributed by atoms with Crippen LogP contribution < -0.4 is 0 Å². The van der Waals surface area contributed by atoms with Gasteiger partial charge in [-0.15, -0.1) is 0 Å². The lowest BCUT2D eigenvalue weighted by Crippen LogP contribution is -2.33. The van der Waals surface area contributed by atoms with Gasteiger partial charge in [0.1, 0.15) is 0 Å². The molecule has 0 N–H and O–H groups in total. The molecular formula is C49H52N2. The highest BCUT2D eigenvalue weighted by Gasteiger charge is 2.36. The minimum atomic E-state index is -0.263. The first-order valence-electron chi connectivity index (χ1n) is 18.8. The lowest BCUT2D eigenvalue weighted by atomic mass is 9.67. The Morgan fingerprint density at radius 2 is 1.22 bits per heavy atom. The number of aromatic nitrogens is 2. The highest BCUT2D eigenvalue weighted by molar-refractivity contribution is 6.08. The average Bonchev–Trinajstić information content (AvgIpc) is 3.69. The fourth-order valence-electron chi connectivity index (χ4n) is 8.79. The highest BCUT2D eigenvalue weighted by atomic mass is 15.1. The van der Waals surface area contributed by atoms with Crippen molar-refractivity contribution < 1.29 is 0 Å². The van der Waals surface area contributed by atoms with Crippen LogP contribution in [-0.4, -0.2) is 9.13 Å². The molecule has 0 saturated carbocycles. The molecule has 0 saturated heterocycles. The first-order chi connectivity index (χ1) is 24.7. The molecule has 4 unspecified atom stereocenters. The molecule has 7 aromatic rings. The molecule has 2 heterocycles. The van der Waals surface area contributed by atoms with Crippen LogP contribution in [0.1, 0.15) is 107 Å². The van der Waals surface area contributed by atoms with Crippen LogP contribution in [0.3, 0.4) is 0 Å². The van der Waals surface area contributed by atoms with Gasteiger partial charge in [0.05, 0.1) is 11.6 Å². The molecule has 4 atom stereocenters. The van der Waals surface area contributed by atoms with Crippen LogP contribution in [-0.2, 0) is 11.0 Å². The Hall–Kier alpha value is -5.08.